The molecule has 0 aliphatic carbocycles. The molecule has 0 atom stereocenters. The Labute approximate surface area is 229 Å². The molecule has 0 unspecified atom stereocenters. The van der Waals surface area contributed by atoms with Crippen LogP contribution in [0, 0.1) is 0 Å². The van der Waals surface area contributed by atoms with Crippen molar-refractivity contribution >= 4 is 44.5 Å². The SMILES string of the molecule is O=c1cc(N2CCOCC2)cnn1Cc1cc2nccc(-c3cc(Cl)cc4c3N(C3CNC3)CCC4)c2s1. The summed E-state index contributed by atoms with van der Waals surface area (Å²) in [6, 6.07) is 10.6. The molecule has 4 aromatic rings. The van der Waals surface area contributed by atoms with Crippen LogP contribution in [0.25, 0.3) is 21.3 Å². The first-order valence-electron chi connectivity index (χ1n) is 13.2. The molecule has 0 saturated carbocycles. The van der Waals surface area contributed by atoms with Gasteiger partial charge in [0.2, 0.25) is 0 Å². The number of hydrogen-bond acceptors (Lipinski definition) is 8. The van der Waals surface area contributed by atoms with Gasteiger partial charge >= 0.3 is 0 Å². The second-order valence-corrected chi connectivity index (χ2v) is 11.7. The fourth-order valence-corrected chi connectivity index (χ4v) is 7.13. The number of ether oxygens (including phenoxy) is 1. The van der Waals surface area contributed by atoms with Gasteiger partial charge < -0.3 is 19.9 Å². The zero-order valence-corrected chi connectivity index (χ0v) is 22.6. The zero-order valence-electron chi connectivity index (χ0n) is 21.0. The second kappa shape index (κ2) is 9.96. The normalized spacial score (nSPS) is 18.0. The van der Waals surface area contributed by atoms with E-state index in [4.69, 9.17) is 16.3 Å². The van der Waals surface area contributed by atoms with Gasteiger partial charge in [0.05, 0.1) is 47.9 Å². The van der Waals surface area contributed by atoms with E-state index in [-0.39, 0.29) is 5.56 Å². The van der Waals surface area contributed by atoms with E-state index in [1.54, 1.807) is 23.6 Å². The molecule has 0 amide bonds. The highest BCUT2D eigenvalue weighted by atomic mass is 35.5. The largest absolute Gasteiger partial charge is 0.378 e. The fourth-order valence-electron chi connectivity index (χ4n) is 5.76. The summed E-state index contributed by atoms with van der Waals surface area (Å²) < 4.78 is 8.07. The molecule has 38 heavy (non-hydrogen) atoms. The Morgan fingerprint density at radius 3 is 2.76 bits per heavy atom. The average Bonchev–Trinajstić information content (AvgIpc) is 3.32. The number of nitrogens with zero attached hydrogens (tertiary/aromatic N) is 5. The highest BCUT2D eigenvalue weighted by molar-refractivity contribution is 7.19. The Kier molecular flexibility index (Phi) is 6.31. The van der Waals surface area contributed by atoms with E-state index in [0.29, 0.717) is 25.8 Å². The second-order valence-electron chi connectivity index (χ2n) is 10.2. The maximum Gasteiger partial charge on any atom is 0.269 e. The van der Waals surface area contributed by atoms with Crippen LogP contribution in [0.3, 0.4) is 0 Å². The van der Waals surface area contributed by atoms with E-state index >= 15 is 0 Å². The van der Waals surface area contributed by atoms with Gasteiger partial charge in [-0.15, -0.1) is 11.3 Å². The summed E-state index contributed by atoms with van der Waals surface area (Å²) in [6.45, 7) is 6.40. The van der Waals surface area contributed by atoms with E-state index in [2.05, 4.69) is 49.5 Å². The molecule has 196 valence electrons. The molecule has 0 spiro atoms. The number of rotatable bonds is 5. The van der Waals surface area contributed by atoms with Crippen molar-refractivity contribution in [2.45, 2.75) is 25.4 Å². The van der Waals surface area contributed by atoms with Crippen molar-refractivity contribution in [3.63, 3.8) is 0 Å². The van der Waals surface area contributed by atoms with E-state index in [1.165, 1.54) is 21.5 Å². The van der Waals surface area contributed by atoms with E-state index in [1.807, 2.05) is 6.20 Å². The number of fused-ring (bicyclic) bond motifs is 2. The highest BCUT2D eigenvalue weighted by Gasteiger charge is 2.31. The maximum absolute atomic E-state index is 12.9. The number of hydrogen-bond donors (Lipinski definition) is 1. The molecular formula is C28H29ClN6O2S. The molecule has 8 nitrogen and oxygen atoms in total. The third kappa shape index (κ3) is 4.37. The lowest BCUT2D eigenvalue weighted by molar-refractivity contribution is 0.122. The number of morpholine rings is 1. The van der Waals surface area contributed by atoms with Crippen molar-refractivity contribution in [3.05, 3.63) is 68.5 Å². The minimum absolute atomic E-state index is 0.103. The van der Waals surface area contributed by atoms with Crippen LogP contribution in [0.4, 0.5) is 11.4 Å². The van der Waals surface area contributed by atoms with Crippen LogP contribution < -0.4 is 20.7 Å². The number of anilines is 2. The Bertz CT molecular complexity index is 1560. The summed E-state index contributed by atoms with van der Waals surface area (Å²) in [4.78, 5) is 23.4. The fraction of sp³-hybridized carbons (Fsp3) is 0.393. The Balaban J connectivity index is 1.25. The van der Waals surface area contributed by atoms with Gasteiger partial charge in [-0.25, -0.2) is 4.68 Å². The van der Waals surface area contributed by atoms with Gasteiger partial charge in [0, 0.05) is 71.7 Å². The minimum Gasteiger partial charge on any atom is -0.378 e. The zero-order chi connectivity index (χ0) is 25.6. The predicted molar refractivity (Wildman–Crippen MR) is 153 cm³/mol. The third-order valence-electron chi connectivity index (χ3n) is 7.78. The van der Waals surface area contributed by atoms with Crippen LogP contribution >= 0.6 is 22.9 Å². The first-order valence-corrected chi connectivity index (χ1v) is 14.4. The quantitative estimate of drug-likeness (QED) is 0.407. The van der Waals surface area contributed by atoms with Crippen LogP contribution in [0.1, 0.15) is 16.9 Å². The summed E-state index contributed by atoms with van der Waals surface area (Å²) in [7, 11) is 0. The summed E-state index contributed by atoms with van der Waals surface area (Å²) in [6.07, 6.45) is 5.84. The molecule has 2 saturated heterocycles. The number of halogens is 1. The summed E-state index contributed by atoms with van der Waals surface area (Å²) >= 11 is 8.33. The van der Waals surface area contributed by atoms with E-state index in [0.717, 1.165) is 76.9 Å². The number of nitrogens with one attached hydrogen (secondary N) is 1. The predicted octanol–water partition coefficient (Wildman–Crippen LogP) is 3.78. The van der Waals surface area contributed by atoms with Gasteiger partial charge in [0.1, 0.15) is 0 Å². The topological polar surface area (TPSA) is 75.5 Å². The molecule has 1 N–H and O–H groups in total. The minimum atomic E-state index is -0.103. The summed E-state index contributed by atoms with van der Waals surface area (Å²) in [5.41, 5.74) is 6.63. The van der Waals surface area contributed by atoms with Crippen molar-refractivity contribution in [2.75, 3.05) is 55.7 Å². The first-order chi connectivity index (χ1) is 18.6. The molecule has 6 heterocycles. The van der Waals surface area contributed by atoms with Gasteiger partial charge in [-0.1, -0.05) is 11.6 Å². The van der Waals surface area contributed by atoms with Crippen LogP contribution in [0.5, 0.6) is 0 Å². The number of benzene rings is 1. The smallest absolute Gasteiger partial charge is 0.269 e. The van der Waals surface area contributed by atoms with Crippen LogP contribution in [0.15, 0.2) is 47.5 Å². The number of thiophene rings is 1. The van der Waals surface area contributed by atoms with Crippen LogP contribution in [-0.2, 0) is 17.7 Å². The first kappa shape index (κ1) is 24.1. The lowest BCUT2D eigenvalue weighted by Gasteiger charge is -2.44. The Morgan fingerprint density at radius 1 is 1.11 bits per heavy atom. The number of aromatic nitrogens is 3. The highest BCUT2D eigenvalue weighted by Crippen LogP contribution is 2.44. The molecule has 2 fully saturated rings. The molecule has 3 aliphatic heterocycles. The number of aryl methyl sites for hydroxylation is 1. The van der Waals surface area contributed by atoms with Crippen molar-refractivity contribution in [1.82, 2.24) is 20.1 Å². The summed E-state index contributed by atoms with van der Waals surface area (Å²) in [5, 5.41) is 8.69. The molecule has 0 bridgehead atoms. The van der Waals surface area contributed by atoms with Gasteiger partial charge in [-0.3, -0.25) is 9.78 Å². The van der Waals surface area contributed by atoms with Crippen molar-refractivity contribution < 1.29 is 4.74 Å². The van der Waals surface area contributed by atoms with Crippen LogP contribution in [-0.4, -0.2) is 66.7 Å². The molecule has 3 aromatic heterocycles. The lowest BCUT2D eigenvalue weighted by Crippen LogP contribution is -2.58. The van der Waals surface area contributed by atoms with E-state index in [9.17, 15) is 4.79 Å². The maximum atomic E-state index is 12.9. The third-order valence-corrected chi connectivity index (χ3v) is 9.14. The van der Waals surface area contributed by atoms with Crippen LogP contribution in [0.2, 0.25) is 5.02 Å². The lowest BCUT2D eigenvalue weighted by atomic mass is 9.92. The standard InChI is InChI=1S/C28H29ClN6O2S/c29-19-10-18-2-1-5-34(21-14-30-15-21)27(18)24(11-19)23-3-4-31-25-13-22(38-28(23)25)17-35-26(36)12-20(16-32-35)33-6-8-37-9-7-33/h3-4,10-13,16,21,30H,1-2,5-9,14-15,17H2. The number of pyridine rings is 1. The van der Waals surface area contributed by atoms with Gasteiger partial charge in [-0.05, 0) is 42.7 Å². The molecule has 0 radical (unpaired) electrons. The molecule has 3 aliphatic rings. The van der Waals surface area contributed by atoms with Crippen molar-refractivity contribution in [1.29, 1.82) is 0 Å². The van der Waals surface area contributed by atoms with Crippen molar-refractivity contribution in [3.8, 4) is 11.1 Å². The van der Waals surface area contributed by atoms with Gasteiger partial charge in [-0.2, -0.15) is 5.10 Å². The van der Waals surface area contributed by atoms with Crippen molar-refractivity contribution in [2.24, 2.45) is 0 Å². The average molecular weight is 549 g/mol. The molecular weight excluding hydrogens is 520 g/mol. The molecule has 1 aromatic carbocycles. The Hall–Kier alpha value is -2.98. The molecule has 10 heteroatoms. The van der Waals surface area contributed by atoms with Gasteiger partial charge in [0.25, 0.3) is 5.56 Å². The molecule has 7 rings (SSSR count). The summed E-state index contributed by atoms with van der Waals surface area (Å²) in [5.74, 6) is 0. The Morgan fingerprint density at radius 2 is 1.97 bits per heavy atom. The monoisotopic (exact) mass is 548 g/mol. The van der Waals surface area contributed by atoms with Gasteiger partial charge in [0.15, 0.2) is 0 Å². The van der Waals surface area contributed by atoms with E-state index < -0.39 is 0 Å².